The molecule has 0 aromatic carbocycles. The molecule has 0 unspecified atom stereocenters. The Morgan fingerprint density at radius 3 is 2.70 bits per heavy atom. The maximum absolute atomic E-state index is 9.21. The summed E-state index contributed by atoms with van der Waals surface area (Å²) in [6, 6.07) is 0. The van der Waals surface area contributed by atoms with Crippen LogP contribution in [0.2, 0.25) is 0 Å². The zero-order chi connectivity index (χ0) is 7.56. The first-order valence-corrected chi connectivity index (χ1v) is 3.44. The van der Waals surface area contributed by atoms with E-state index in [0.717, 1.165) is 0 Å². The Bertz CT molecular complexity index is 133. The molecule has 1 aliphatic heterocycles. The molecule has 3 nitrogen and oxygen atoms in total. The lowest BCUT2D eigenvalue weighted by atomic mass is 10.0. The van der Waals surface area contributed by atoms with Crippen molar-refractivity contribution in [3.8, 4) is 0 Å². The molecule has 58 valence electrons. The lowest BCUT2D eigenvalue weighted by Gasteiger charge is -2.27. The minimum Gasteiger partial charge on any atom is -0.495 e. The van der Waals surface area contributed by atoms with Crippen LogP contribution in [0.1, 0.15) is 13.3 Å². The molecule has 1 heterocycles. The van der Waals surface area contributed by atoms with Gasteiger partial charge in [-0.3, -0.25) is 0 Å². The van der Waals surface area contributed by atoms with Crippen LogP contribution in [-0.2, 0) is 4.74 Å². The minimum atomic E-state index is -0.769. The van der Waals surface area contributed by atoms with Gasteiger partial charge in [-0.25, -0.2) is 0 Å². The minimum absolute atomic E-state index is 0.250. The van der Waals surface area contributed by atoms with Gasteiger partial charge in [0.15, 0.2) is 0 Å². The highest BCUT2D eigenvalue weighted by atomic mass is 16.5. The van der Waals surface area contributed by atoms with Gasteiger partial charge in [0.2, 0.25) is 0 Å². The van der Waals surface area contributed by atoms with Gasteiger partial charge < -0.3 is 14.9 Å². The van der Waals surface area contributed by atoms with Gasteiger partial charge in [0.25, 0.3) is 0 Å². The first-order chi connectivity index (χ1) is 4.75. The topological polar surface area (TPSA) is 49.7 Å². The molecule has 3 heteroatoms. The molecule has 1 aliphatic rings. The van der Waals surface area contributed by atoms with Crippen LogP contribution >= 0.6 is 0 Å². The summed E-state index contributed by atoms with van der Waals surface area (Å²) in [5.74, 6) is 0. The van der Waals surface area contributed by atoms with Crippen LogP contribution in [0.25, 0.3) is 0 Å². The number of ether oxygens (including phenoxy) is 1. The van der Waals surface area contributed by atoms with Crippen molar-refractivity contribution in [3.63, 3.8) is 0 Å². The Kier molecular flexibility index (Phi) is 2.29. The van der Waals surface area contributed by atoms with Gasteiger partial charge in [-0.1, -0.05) is 6.92 Å². The van der Waals surface area contributed by atoms with E-state index < -0.39 is 12.2 Å². The lowest BCUT2D eigenvalue weighted by Crippen LogP contribution is -2.39. The van der Waals surface area contributed by atoms with Crippen LogP contribution in [0, 0.1) is 0 Å². The maximum Gasteiger partial charge on any atom is 0.126 e. The number of aliphatic hydroxyl groups excluding tert-OH is 2. The molecule has 0 radical (unpaired) electrons. The summed E-state index contributed by atoms with van der Waals surface area (Å²) in [7, 11) is 0. The van der Waals surface area contributed by atoms with Crippen molar-refractivity contribution >= 4 is 0 Å². The van der Waals surface area contributed by atoms with E-state index in [4.69, 9.17) is 9.84 Å². The Balaban J connectivity index is 2.56. The third-order valence-corrected chi connectivity index (χ3v) is 1.66. The molecule has 0 amide bonds. The predicted molar refractivity (Wildman–Crippen MR) is 36.3 cm³/mol. The van der Waals surface area contributed by atoms with Crippen LogP contribution in [0.3, 0.4) is 0 Å². The monoisotopic (exact) mass is 144 g/mol. The number of hydrogen-bond donors (Lipinski definition) is 2. The highest BCUT2D eigenvalue weighted by molar-refractivity contribution is 4.96. The highest BCUT2D eigenvalue weighted by Gasteiger charge is 2.26. The SMILES string of the molecule is CC[C@H]1OC=C[C@@H](O)[C@H]1O. The average molecular weight is 144 g/mol. The van der Waals surface area contributed by atoms with Gasteiger partial charge in [-0.15, -0.1) is 0 Å². The molecule has 0 fully saturated rings. The van der Waals surface area contributed by atoms with Crippen molar-refractivity contribution in [1.29, 1.82) is 0 Å². The molecule has 0 aromatic rings. The maximum atomic E-state index is 9.21. The van der Waals surface area contributed by atoms with E-state index >= 15 is 0 Å². The Labute approximate surface area is 59.9 Å². The summed E-state index contributed by atoms with van der Waals surface area (Å²) < 4.78 is 5.02. The zero-order valence-corrected chi connectivity index (χ0v) is 5.90. The molecule has 2 N–H and O–H groups in total. The number of aliphatic hydroxyl groups is 2. The smallest absolute Gasteiger partial charge is 0.126 e. The second-order valence-electron chi connectivity index (χ2n) is 2.39. The van der Waals surface area contributed by atoms with E-state index in [1.807, 2.05) is 6.92 Å². The van der Waals surface area contributed by atoms with Crippen LogP contribution in [0.15, 0.2) is 12.3 Å². The van der Waals surface area contributed by atoms with E-state index in [-0.39, 0.29) is 6.10 Å². The molecule has 0 saturated carbocycles. The molecule has 0 spiro atoms. The standard InChI is InChI=1S/C7H12O3/c1-2-6-7(9)5(8)3-4-10-6/h3-9H,2H2,1H3/t5-,6-,7-/m1/s1. The Morgan fingerprint density at radius 2 is 2.20 bits per heavy atom. The van der Waals surface area contributed by atoms with E-state index in [1.54, 1.807) is 0 Å². The highest BCUT2D eigenvalue weighted by Crippen LogP contribution is 2.14. The first-order valence-electron chi connectivity index (χ1n) is 3.44. The predicted octanol–water partition coefficient (Wildman–Crippen LogP) is 0.0307. The van der Waals surface area contributed by atoms with Gasteiger partial charge >= 0.3 is 0 Å². The second-order valence-corrected chi connectivity index (χ2v) is 2.39. The normalized spacial score (nSPS) is 39.3. The van der Waals surface area contributed by atoms with Crippen molar-refractivity contribution in [2.24, 2.45) is 0 Å². The van der Waals surface area contributed by atoms with Gasteiger partial charge in [0.1, 0.15) is 18.3 Å². The molecule has 0 aromatic heterocycles. The first kappa shape index (κ1) is 7.57. The molecule has 0 aliphatic carbocycles. The fraction of sp³-hybridized carbons (Fsp3) is 0.714. The molecule has 0 saturated heterocycles. The molecule has 1 rings (SSSR count). The van der Waals surface area contributed by atoms with Crippen molar-refractivity contribution in [3.05, 3.63) is 12.3 Å². The van der Waals surface area contributed by atoms with Gasteiger partial charge in [-0.05, 0) is 12.5 Å². The van der Waals surface area contributed by atoms with E-state index in [1.165, 1.54) is 12.3 Å². The van der Waals surface area contributed by atoms with E-state index in [0.29, 0.717) is 6.42 Å². The largest absolute Gasteiger partial charge is 0.495 e. The van der Waals surface area contributed by atoms with Crippen LogP contribution in [0.5, 0.6) is 0 Å². The summed E-state index contributed by atoms with van der Waals surface area (Å²) in [4.78, 5) is 0. The van der Waals surface area contributed by atoms with Crippen molar-refractivity contribution < 1.29 is 14.9 Å². The van der Waals surface area contributed by atoms with Crippen molar-refractivity contribution in [2.75, 3.05) is 0 Å². The van der Waals surface area contributed by atoms with Gasteiger partial charge in [0.05, 0.1) is 6.26 Å². The molecule has 0 bridgehead atoms. The fourth-order valence-electron chi connectivity index (χ4n) is 0.979. The van der Waals surface area contributed by atoms with E-state index in [2.05, 4.69) is 0 Å². The molecule has 3 atom stereocenters. The summed E-state index contributed by atoms with van der Waals surface area (Å²) in [6.07, 6.45) is 1.80. The van der Waals surface area contributed by atoms with Crippen molar-refractivity contribution in [1.82, 2.24) is 0 Å². The molecular formula is C7H12O3. The van der Waals surface area contributed by atoms with Crippen LogP contribution in [-0.4, -0.2) is 28.5 Å². The molecular weight excluding hydrogens is 132 g/mol. The summed E-state index contributed by atoms with van der Waals surface area (Å²) in [6.45, 7) is 1.90. The van der Waals surface area contributed by atoms with Gasteiger partial charge in [-0.2, -0.15) is 0 Å². The van der Waals surface area contributed by atoms with E-state index in [9.17, 15) is 5.11 Å². The lowest BCUT2D eigenvalue weighted by molar-refractivity contribution is -0.0634. The van der Waals surface area contributed by atoms with Crippen LogP contribution in [0.4, 0.5) is 0 Å². The van der Waals surface area contributed by atoms with Gasteiger partial charge in [0, 0.05) is 0 Å². The summed E-state index contributed by atoms with van der Waals surface area (Å²) >= 11 is 0. The molecule has 10 heavy (non-hydrogen) atoms. The van der Waals surface area contributed by atoms with Crippen LogP contribution < -0.4 is 0 Å². The summed E-state index contributed by atoms with van der Waals surface area (Å²) in [5.41, 5.74) is 0. The Hall–Kier alpha value is -0.540. The Morgan fingerprint density at radius 1 is 1.50 bits per heavy atom. The average Bonchev–Trinajstić information content (AvgIpc) is 1.95. The second kappa shape index (κ2) is 3.03. The third-order valence-electron chi connectivity index (χ3n) is 1.66. The zero-order valence-electron chi connectivity index (χ0n) is 5.90. The number of hydrogen-bond acceptors (Lipinski definition) is 3. The number of rotatable bonds is 1. The third kappa shape index (κ3) is 1.30. The summed E-state index contributed by atoms with van der Waals surface area (Å²) in [5, 5.41) is 18.3. The van der Waals surface area contributed by atoms with Crippen molar-refractivity contribution in [2.45, 2.75) is 31.7 Å². The fourth-order valence-corrected chi connectivity index (χ4v) is 0.979. The quantitative estimate of drug-likeness (QED) is 0.546.